The predicted molar refractivity (Wildman–Crippen MR) is 112 cm³/mol. The first-order valence-electron chi connectivity index (χ1n) is 9.04. The quantitative estimate of drug-likeness (QED) is 0.742. The highest BCUT2D eigenvalue weighted by Crippen LogP contribution is 2.24. The van der Waals surface area contributed by atoms with Gasteiger partial charge in [-0.05, 0) is 63.1 Å². The molecule has 2 aromatic rings. The van der Waals surface area contributed by atoms with Crippen LogP contribution < -0.4 is 16.0 Å². The SMILES string of the molecule is Cc1ccc(NC(=O)c2ccccc2)cc1NC(=O)[C@H]1CCN[C@@H](C)C1.Cl. The number of carbonyl (C=O) groups is 2. The highest BCUT2D eigenvalue weighted by atomic mass is 35.5. The number of piperidine rings is 1. The van der Waals surface area contributed by atoms with Gasteiger partial charge >= 0.3 is 0 Å². The molecule has 27 heavy (non-hydrogen) atoms. The lowest BCUT2D eigenvalue weighted by Crippen LogP contribution is -2.40. The Morgan fingerprint density at radius 3 is 2.52 bits per heavy atom. The Morgan fingerprint density at radius 1 is 1.07 bits per heavy atom. The number of rotatable bonds is 4. The van der Waals surface area contributed by atoms with Crippen molar-refractivity contribution in [1.29, 1.82) is 0 Å². The lowest BCUT2D eigenvalue weighted by atomic mass is 9.92. The van der Waals surface area contributed by atoms with Crippen molar-refractivity contribution in [3.05, 3.63) is 59.7 Å². The molecule has 144 valence electrons. The summed E-state index contributed by atoms with van der Waals surface area (Å²) in [5.41, 5.74) is 2.98. The van der Waals surface area contributed by atoms with E-state index in [1.807, 2.05) is 43.3 Å². The summed E-state index contributed by atoms with van der Waals surface area (Å²) in [5.74, 6) is -0.0971. The third-order valence-corrected chi connectivity index (χ3v) is 4.78. The van der Waals surface area contributed by atoms with Gasteiger partial charge in [0.2, 0.25) is 5.91 Å². The number of nitrogens with one attached hydrogen (secondary N) is 3. The van der Waals surface area contributed by atoms with Gasteiger partial charge in [-0.15, -0.1) is 12.4 Å². The molecule has 0 aliphatic carbocycles. The summed E-state index contributed by atoms with van der Waals surface area (Å²) in [7, 11) is 0. The maximum Gasteiger partial charge on any atom is 0.255 e. The summed E-state index contributed by atoms with van der Waals surface area (Å²) < 4.78 is 0. The van der Waals surface area contributed by atoms with Gasteiger partial charge in [0.25, 0.3) is 5.91 Å². The Kier molecular flexibility index (Phi) is 7.39. The maximum absolute atomic E-state index is 12.6. The molecule has 0 radical (unpaired) electrons. The molecule has 2 aromatic carbocycles. The zero-order valence-corrected chi connectivity index (χ0v) is 16.4. The van der Waals surface area contributed by atoms with Gasteiger partial charge in [-0.1, -0.05) is 24.3 Å². The van der Waals surface area contributed by atoms with Crippen LogP contribution in [0.15, 0.2) is 48.5 Å². The van der Waals surface area contributed by atoms with E-state index < -0.39 is 0 Å². The van der Waals surface area contributed by atoms with E-state index in [1.165, 1.54) is 0 Å². The summed E-state index contributed by atoms with van der Waals surface area (Å²) in [6.45, 7) is 4.92. The van der Waals surface area contributed by atoms with E-state index in [4.69, 9.17) is 0 Å². The van der Waals surface area contributed by atoms with Gasteiger partial charge in [-0.25, -0.2) is 0 Å². The van der Waals surface area contributed by atoms with Crippen LogP contribution in [0.5, 0.6) is 0 Å². The van der Waals surface area contributed by atoms with Crippen LogP contribution in [0.1, 0.15) is 35.7 Å². The Balaban J connectivity index is 0.00000261. The van der Waals surface area contributed by atoms with Crippen LogP contribution in [0.25, 0.3) is 0 Å². The van der Waals surface area contributed by atoms with Crippen LogP contribution in [-0.2, 0) is 4.79 Å². The second kappa shape index (κ2) is 9.53. The van der Waals surface area contributed by atoms with Crippen LogP contribution >= 0.6 is 12.4 Å². The topological polar surface area (TPSA) is 70.2 Å². The highest BCUT2D eigenvalue weighted by molar-refractivity contribution is 6.04. The van der Waals surface area contributed by atoms with E-state index >= 15 is 0 Å². The van der Waals surface area contributed by atoms with Crippen LogP contribution in [-0.4, -0.2) is 24.4 Å². The van der Waals surface area contributed by atoms with E-state index in [-0.39, 0.29) is 30.1 Å². The van der Waals surface area contributed by atoms with Gasteiger partial charge in [-0.3, -0.25) is 9.59 Å². The van der Waals surface area contributed by atoms with Crippen LogP contribution in [0, 0.1) is 12.8 Å². The monoisotopic (exact) mass is 387 g/mol. The second-order valence-corrected chi connectivity index (χ2v) is 6.92. The molecule has 1 aliphatic heterocycles. The molecule has 0 saturated carbocycles. The summed E-state index contributed by atoms with van der Waals surface area (Å²) in [5, 5.41) is 9.28. The van der Waals surface area contributed by atoms with Crippen molar-refractivity contribution >= 4 is 35.6 Å². The number of halogens is 1. The third kappa shape index (κ3) is 5.55. The summed E-state index contributed by atoms with van der Waals surface area (Å²) >= 11 is 0. The molecule has 1 heterocycles. The van der Waals surface area contributed by atoms with Crippen molar-refractivity contribution in [3.63, 3.8) is 0 Å². The maximum atomic E-state index is 12.6. The number of anilines is 2. The summed E-state index contributed by atoms with van der Waals surface area (Å²) in [6.07, 6.45) is 1.69. The summed E-state index contributed by atoms with van der Waals surface area (Å²) in [6, 6.07) is 15.0. The van der Waals surface area contributed by atoms with E-state index in [0.29, 0.717) is 17.3 Å². The fourth-order valence-electron chi connectivity index (χ4n) is 3.23. The van der Waals surface area contributed by atoms with Crippen molar-refractivity contribution in [1.82, 2.24) is 5.32 Å². The fraction of sp³-hybridized carbons (Fsp3) is 0.333. The standard InChI is InChI=1S/C21H25N3O2.ClH/c1-14-8-9-18(23-20(25)16-6-4-3-5-7-16)13-19(14)24-21(26)17-10-11-22-15(2)12-17;/h3-9,13,15,17,22H,10-12H2,1-2H3,(H,23,25)(H,24,26);1H/t15-,17-;/m0./s1. The molecule has 6 heteroatoms. The van der Waals surface area contributed by atoms with Gasteiger partial charge < -0.3 is 16.0 Å². The number of amides is 2. The summed E-state index contributed by atoms with van der Waals surface area (Å²) in [4.78, 5) is 24.9. The van der Waals surface area contributed by atoms with Gasteiger partial charge in [-0.2, -0.15) is 0 Å². The van der Waals surface area contributed by atoms with E-state index in [2.05, 4.69) is 22.9 Å². The first-order chi connectivity index (χ1) is 12.5. The fourth-order valence-corrected chi connectivity index (χ4v) is 3.23. The smallest absolute Gasteiger partial charge is 0.255 e. The number of carbonyl (C=O) groups excluding carboxylic acids is 2. The lowest BCUT2D eigenvalue weighted by Gasteiger charge is -2.27. The Bertz CT molecular complexity index is 795. The molecule has 0 aromatic heterocycles. The van der Waals surface area contributed by atoms with Crippen LogP contribution in [0.3, 0.4) is 0 Å². The molecule has 0 bridgehead atoms. The zero-order valence-electron chi connectivity index (χ0n) is 15.6. The van der Waals surface area contributed by atoms with Crippen LogP contribution in [0.2, 0.25) is 0 Å². The third-order valence-electron chi connectivity index (χ3n) is 4.78. The normalized spacial score (nSPS) is 18.9. The molecule has 3 N–H and O–H groups in total. The van der Waals surface area contributed by atoms with Crippen molar-refractivity contribution in [2.45, 2.75) is 32.7 Å². The first-order valence-corrected chi connectivity index (χ1v) is 9.04. The minimum atomic E-state index is -0.168. The number of benzene rings is 2. The minimum Gasteiger partial charge on any atom is -0.326 e. The van der Waals surface area contributed by atoms with Gasteiger partial charge in [0, 0.05) is 28.9 Å². The first kappa shape index (κ1) is 20.9. The van der Waals surface area contributed by atoms with E-state index in [0.717, 1.165) is 30.6 Å². The molecule has 1 fully saturated rings. The number of aryl methyl sites for hydroxylation is 1. The minimum absolute atomic E-state index is 0. The lowest BCUT2D eigenvalue weighted by molar-refractivity contribution is -0.120. The van der Waals surface area contributed by atoms with Gasteiger partial charge in [0.15, 0.2) is 0 Å². The number of hydrogen-bond donors (Lipinski definition) is 3. The molecular formula is C21H26ClN3O2. The van der Waals surface area contributed by atoms with Crippen molar-refractivity contribution in [2.24, 2.45) is 5.92 Å². The largest absolute Gasteiger partial charge is 0.326 e. The molecule has 0 unspecified atom stereocenters. The number of hydrogen-bond acceptors (Lipinski definition) is 3. The molecule has 5 nitrogen and oxygen atoms in total. The van der Waals surface area contributed by atoms with Gasteiger partial charge in [0.1, 0.15) is 0 Å². The van der Waals surface area contributed by atoms with E-state index in [9.17, 15) is 9.59 Å². The van der Waals surface area contributed by atoms with E-state index in [1.54, 1.807) is 12.1 Å². The zero-order chi connectivity index (χ0) is 18.5. The average molecular weight is 388 g/mol. The molecule has 1 aliphatic rings. The Hall–Kier alpha value is -2.37. The molecule has 2 atom stereocenters. The van der Waals surface area contributed by atoms with Crippen LogP contribution in [0.4, 0.5) is 11.4 Å². The van der Waals surface area contributed by atoms with Crippen molar-refractivity contribution in [2.75, 3.05) is 17.2 Å². The second-order valence-electron chi connectivity index (χ2n) is 6.92. The highest BCUT2D eigenvalue weighted by Gasteiger charge is 2.25. The molecule has 1 saturated heterocycles. The van der Waals surface area contributed by atoms with Crippen molar-refractivity contribution < 1.29 is 9.59 Å². The molecular weight excluding hydrogens is 362 g/mol. The molecule has 3 rings (SSSR count). The van der Waals surface area contributed by atoms with Gasteiger partial charge in [0.05, 0.1) is 0 Å². The predicted octanol–water partition coefficient (Wildman–Crippen LogP) is 4.00. The Morgan fingerprint density at radius 2 is 1.81 bits per heavy atom. The molecule has 0 spiro atoms. The average Bonchev–Trinajstić information content (AvgIpc) is 2.65. The van der Waals surface area contributed by atoms with Crippen molar-refractivity contribution in [3.8, 4) is 0 Å². The Labute approximate surface area is 166 Å². The molecule has 2 amide bonds.